The zero-order chi connectivity index (χ0) is 35.2. The highest BCUT2D eigenvalue weighted by Gasteiger charge is 2.14. The molecule has 0 unspecified atom stereocenters. The van der Waals surface area contributed by atoms with Gasteiger partial charge in [-0.3, -0.25) is 0 Å². The first kappa shape index (κ1) is 34.6. The van der Waals surface area contributed by atoms with Crippen LogP contribution in [0.2, 0.25) is 10.0 Å². The molecule has 260 valence electrons. The molecule has 7 nitrogen and oxygen atoms in total. The fraction of sp³-hybridized carbons (Fsp3) is 0.238. The molecule has 2 aromatic heterocycles. The average Bonchev–Trinajstić information content (AvgIpc) is 3.15. The summed E-state index contributed by atoms with van der Waals surface area (Å²) < 4.78 is 11.1. The number of aromatic nitrogens is 2. The van der Waals surface area contributed by atoms with Crippen LogP contribution >= 0.6 is 23.2 Å². The predicted octanol–water partition coefficient (Wildman–Crippen LogP) is 10.3. The van der Waals surface area contributed by atoms with E-state index < -0.39 is 0 Å². The lowest BCUT2D eigenvalue weighted by Gasteiger charge is -2.23. The molecular weight excluding hydrogens is 677 g/mol. The highest BCUT2D eigenvalue weighted by atomic mass is 35.5. The third-order valence-electron chi connectivity index (χ3n) is 9.35. The van der Waals surface area contributed by atoms with Gasteiger partial charge in [-0.15, -0.1) is 0 Å². The minimum atomic E-state index is 0.673. The lowest BCUT2D eigenvalue weighted by Crippen LogP contribution is -2.30. The van der Waals surface area contributed by atoms with Crippen LogP contribution in [-0.4, -0.2) is 61.8 Å². The van der Waals surface area contributed by atoms with E-state index in [2.05, 4.69) is 58.0 Å². The van der Waals surface area contributed by atoms with E-state index >= 15 is 0 Å². The Kier molecular flexibility index (Phi) is 10.9. The summed E-state index contributed by atoms with van der Waals surface area (Å²) >= 11 is 12.7. The Hall–Kier alpha value is -4.82. The van der Waals surface area contributed by atoms with Crippen molar-refractivity contribution in [1.82, 2.24) is 14.9 Å². The van der Waals surface area contributed by atoms with Crippen LogP contribution < -0.4 is 20.1 Å². The minimum Gasteiger partial charge on any atom is -0.497 e. The van der Waals surface area contributed by atoms with Crippen LogP contribution in [0.1, 0.15) is 18.4 Å². The number of hydrogen-bond acceptors (Lipinski definition) is 7. The third-order valence-corrected chi connectivity index (χ3v) is 9.82. The lowest BCUT2D eigenvalue weighted by molar-refractivity contribution is 0.275. The van der Waals surface area contributed by atoms with Crippen LogP contribution in [0.15, 0.2) is 103 Å². The first-order chi connectivity index (χ1) is 25.0. The maximum atomic E-state index is 6.36. The summed E-state index contributed by atoms with van der Waals surface area (Å²) in [6.45, 7) is 4.54. The number of ether oxygens (including phenoxy) is 2. The Morgan fingerprint density at radius 1 is 0.549 bits per heavy atom. The summed E-state index contributed by atoms with van der Waals surface area (Å²) in [5.74, 6) is 1.61. The van der Waals surface area contributed by atoms with Crippen molar-refractivity contribution in [3.8, 4) is 11.5 Å². The van der Waals surface area contributed by atoms with Crippen LogP contribution in [-0.2, 0) is 6.42 Å². The molecule has 7 rings (SSSR count). The molecular formula is C42H41Cl2N5O2. The van der Waals surface area contributed by atoms with Gasteiger partial charge in [-0.2, -0.15) is 0 Å². The van der Waals surface area contributed by atoms with Crippen molar-refractivity contribution < 1.29 is 9.47 Å². The van der Waals surface area contributed by atoms with E-state index in [1.54, 1.807) is 14.2 Å². The molecule has 0 saturated carbocycles. The number of fused-ring (bicyclic) bond motifs is 4. The molecule has 0 radical (unpaired) electrons. The number of nitrogens with one attached hydrogen (secondary N) is 2. The van der Waals surface area contributed by atoms with Gasteiger partial charge in [0.25, 0.3) is 0 Å². The van der Waals surface area contributed by atoms with Crippen LogP contribution in [0, 0.1) is 0 Å². The molecule has 0 aliphatic carbocycles. The second-order valence-electron chi connectivity index (χ2n) is 12.7. The highest BCUT2D eigenvalue weighted by molar-refractivity contribution is 6.32. The molecule has 0 aliphatic rings. The maximum absolute atomic E-state index is 6.36. The fourth-order valence-corrected chi connectivity index (χ4v) is 7.06. The smallest absolute Gasteiger partial charge is 0.119 e. The second-order valence-corrected chi connectivity index (χ2v) is 13.6. The quantitative estimate of drug-likeness (QED) is 0.0808. The van der Waals surface area contributed by atoms with Gasteiger partial charge in [-0.25, -0.2) is 9.97 Å². The summed E-state index contributed by atoms with van der Waals surface area (Å²) in [6, 6.07) is 34.5. The van der Waals surface area contributed by atoms with Gasteiger partial charge in [-0.1, -0.05) is 53.5 Å². The topological polar surface area (TPSA) is 71.5 Å². The molecule has 0 saturated heterocycles. The highest BCUT2D eigenvalue weighted by Crippen LogP contribution is 2.35. The van der Waals surface area contributed by atoms with E-state index in [1.807, 2.05) is 60.7 Å². The first-order valence-electron chi connectivity index (χ1n) is 17.4. The molecule has 7 aromatic rings. The molecule has 0 amide bonds. The molecule has 0 aliphatic heterocycles. The molecule has 0 spiro atoms. The van der Waals surface area contributed by atoms with Gasteiger partial charge in [0.1, 0.15) is 11.5 Å². The largest absolute Gasteiger partial charge is 0.497 e. The summed E-state index contributed by atoms with van der Waals surface area (Å²) in [4.78, 5) is 12.3. The summed E-state index contributed by atoms with van der Waals surface area (Å²) in [5.41, 5.74) is 7.01. The predicted molar refractivity (Wildman–Crippen MR) is 214 cm³/mol. The number of anilines is 2. The molecule has 0 bridgehead atoms. The van der Waals surface area contributed by atoms with E-state index in [-0.39, 0.29) is 0 Å². The zero-order valence-corrected chi connectivity index (χ0v) is 30.4. The molecule has 9 heteroatoms. The molecule has 5 aromatic carbocycles. The number of benzene rings is 5. The van der Waals surface area contributed by atoms with Crippen molar-refractivity contribution in [1.29, 1.82) is 0 Å². The van der Waals surface area contributed by atoms with Crippen molar-refractivity contribution in [2.24, 2.45) is 0 Å². The average molecular weight is 719 g/mol. The third kappa shape index (κ3) is 8.07. The van der Waals surface area contributed by atoms with Crippen LogP contribution in [0.5, 0.6) is 11.5 Å². The fourth-order valence-electron chi connectivity index (χ4n) is 6.73. The van der Waals surface area contributed by atoms with Gasteiger partial charge < -0.3 is 25.0 Å². The van der Waals surface area contributed by atoms with Gasteiger partial charge in [0.2, 0.25) is 0 Å². The number of methoxy groups -OCH3 is 2. The number of halogens is 2. The zero-order valence-electron chi connectivity index (χ0n) is 28.9. The minimum absolute atomic E-state index is 0.673. The van der Waals surface area contributed by atoms with Gasteiger partial charge in [-0.05, 0) is 111 Å². The number of nitrogens with zero attached hydrogens (tertiary/aromatic N) is 3. The Balaban J connectivity index is 1.05. The van der Waals surface area contributed by atoms with Crippen LogP contribution in [0.3, 0.4) is 0 Å². The van der Waals surface area contributed by atoms with E-state index in [0.717, 1.165) is 118 Å². The van der Waals surface area contributed by atoms with Crippen molar-refractivity contribution >= 4 is 78.2 Å². The lowest BCUT2D eigenvalue weighted by atomic mass is 10.1. The van der Waals surface area contributed by atoms with Gasteiger partial charge in [0, 0.05) is 51.2 Å². The standard InChI is InChI=1S/C42H41Cl2N5O2/c1-50-31-12-16-37-35(26-31)41(33-14-10-29(43)24-39(33)47-37)45-19-6-21-49(23-18-28-8-4-3-5-9-28)22-7-20-46-42-34-15-11-30(44)25-40(34)48-38-17-13-32(51-2)27-36(38)42/h3-5,8-17,24-27H,6-7,18-23H2,1-2H3,(H,45,47)(H,46,48). The number of pyridine rings is 2. The van der Waals surface area contributed by atoms with Crippen LogP contribution in [0.25, 0.3) is 43.6 Å². The monoisotopic (exact) mass is 717 g/mol. The second kappa shape index (κ2) is 16.0. The maximum Gasteiger partial charge on any atom is 0.119 e. The van der Waals surface area contributed by atoms with Crippen molar-refractivity contribution in [3.63, 3.8) is 0 Å². The molecule has 0 fully saturated rings. The summed E-state index contributed by atoms with van der Waals surface area (Å²) in [5, 5.41) is 13.0. The number of hydrogen-bond donors (Lipinski definition) is 2. The van der Waals surface area contributed by atoms with Gasteiger partial charge >= 0.3 is 0 Å². The Labute approximate surface area is 308 Å². The summed E-state index contributed by atoms with van der Waals surface area (Å²) in [6.07, 6.45) is 2.96. The first-order valence-corrected chi connectivity index (χ1v) is 18.1. The molecule has 0 atom stereocenters. The molecule has 2 heterocycles. The molecule has 2 N–H and O–H groups in total. The van der Waals surface area contributed by atoms with E-state index in [9.17, 15) is 0 Å². The summed E-state index contributed by atoms with van der Waals surface area (Å²) in [7, 11) is 3.38. The number of rotatable bonds is 15. The Morgan fingerprint density at radius 3 is 1.55 bits per heavy atom. The van der Waals surface area contributed by atoms with Gasteiger partial charge in [0.05, 0.1) is 47.7 Å². The Morgan fingerprint density at radius 2 is 1.06 bits per heavy atom. The van der Waals surface area contributed by atoms with E-state index in [4.69, 9.17) is 42.6 Å². The normalized spacial score (nSPS) is 11.5. The van der Waals surface area contributed by atoms with E-state index in [1.165, 1.54) is 5.56 Å². The van der Waals surface area contributed by atoms with E-state index in [0.29, 0.717) is 10.0 Å². The van der Waals surface area contributed by atoms with Crippen molar-refractivity contribution in [3.05, 3.63) is 119 Å². The van der Waals surface area contributed by atoms with Crippen molar-refractivity contribution in [2.75, 3.05) is 57.6 Å². The molecule has 51 heavy (non-hydrogen) atoms. The Bertz CT molecular complexity index is 2160. The van der Waals surface area contributed by atoms with Gasteiger partial charge in [0.15, 0.2) is 0 Å². The SMILES string of the molecule is COc1ccc2nc3cc(Cl)ccc3c(NCCCN(CCCNc3c4ccc(Cl)cc4nc4ccc(OC)cc34)CCc3ccccc3)c2c1. The van der Waals surface area contributed by atoms with Crippen molar-refractivity contribution in [2.45, 2.75) is 19.3 Å². The van der Waals surface area contributed by atoms with Crippen LogP contribution in [0.4, 0.5) is 11.4 Å².